The molecule has 146 valence electrons. The Bertz CT molecular complexity index is 1210. The highest BCUT2D eigenvalue weighted by Gasteiger charge is 2.17. The molecule has 0 amide bonds. The molecule has 4 aromatic rings. The highest BCUT2D eigenvalue weighted by atomic mass is 32.2. The fourth-order valence-electron chi connectivity index (χ4n) is 3.47. The van der Waals surface area contributed by atoms with E-state index in [0.717, 1.165) is 21.6 Å². The number of allylic oxidation sites excluding steroid dienone is 1. The lowest BCUT2D eigenvalue weighted by molar-refractivity contribution is -0.116. The fraction of sp³-hybridized carbons (Fsp3) is 0.200. The molecule has 0 saturated carbocycles. The molecule has 1 unspecified atom stereocenters. The molecule has 4 heteroatoms. The second-order valence-electron chi connectivity index (χ2n) is 7.39. The molecule has 0 radical (unpaired) electrons. The number of oxazole rings is 1. The maximum Gasteiger partial charge on any atom is 0.199 e. The van der Waals surface area contributed by atoms with Gasteiger partial charge < -0.3 is 4.42 Å². The largest absolute Gasteiger partial charge is 0.440 e. The molecule has 0 spiro atoms. The number of carbonyl (C=O) groups is 1. The van der Waals surface area contributed by atoms with Gasteiger partial charge in [0.2, 0.25) is 0 Å². The first kappa shape index (κ1) is 19.5. The summed E-state index contributed by atoms with van der Waals surface area (Å²) in [6, 6.07) is 20.8. The Labute approximate surface area is 174 Å². The Morgan fingerprint density at radius 2 is 1.79 bits per heavy atom. The first-order chi connectivity index (χ1) is 14.0. The quantitative estimate of drug-likeness (QED) is 0.362. The summed E-state index contributed by atoms with van der Waals surface area (Å²) in [6.07, 6.45) is 1.31. The zero-order chi connectivity index (χ0) is 20.4. The van der Waals surface area contributed by atoms with E-state index < -0.39 is 0 Å². The van der Waals surface area contributed by atoms with E-state index >= 15 is 0 Å². The number of ketones is 1. The third-order valence-corrected chi connectivity index (χ3v) is 6.07. The van der Waals surface area contributed by atoms with E-state index in [1.807, 2.05) is 37.3 Å². The van der Waals surface area contributed by atoms with E-state index in [2.05, 4.69) is 41.9 Å². The van der Waals surface area contributed by atoms with Crippen molar-refractivity contribution in [2.75, 3.05) is 0 Å². The maximum atomic E-state index is 12.0. The Morgan fingerprint density at radius 3 is 2.55 bits per heavy atom. The molecule has 4 rings (SSSR count). The summed E-state index contributed by atoms with van der Waals surface area (Å²) < 4.78 is 6.03. The molecule has 1 aromatic heterocycles. The summed E-state index contributed by atoms with van der Waals surface area (Å²) in [5.41, 5.74) is 3.85. The van der Waals surface area contributed by atoms with Gasteiger partial charge >= 0.3 is 0 Å². The maximum absolute atomic E-state index is 12.0. The minimum absolute atomic E-state index is 0.120. The van der Waals surface area contributed by atoms with Crippen molar-refractivity contribution in [2.45, 2.75) is 31.9 Å². The van der Waals surface area contributed by atoms with Crippen LogP contribution in [0.3, 0.4) is 0 Å². The number of benzene rings is 3. The number of rotatable bonds is 7. The molecule has 0 saturated heterocycles. The van der Waals surface area contributed by atoms with Crippen LogP contribution in [-0.4, -0.2) is 16.0 Å². The van der Waals surface area contributed by atoms with E-state index in [1.165, 1.54) is 28.1 Å². The van der Waals surface area contributed by atoms with Gasteiger partial charge in [-0.3, -0.25) is 4.79 Å². The topological polar surface area (TPSA) is 43.1 Å². The predicted octanol–water partition coefficient (Wildman–Crippen LogP) is 6.34. The molecule has 0 fully saturated rings. The van der Waals surface area contributed by atoms with E-state index in [9.17, 15) is 4.79 Å². The zero-order valence-electron chi connectivity index (χ0n) is 16.6. The van der Waals surface area contributed by atoms with Crippen LogP contribution in [0.4, 0.5) is 0 Å². The van der Waals surface area contributed by atoms with Crippen molar-refractivity contribution in [1.82, 2.24) is 4.98 Å². The third kappa shape index (κ3) is 4.60. The summed E-state index contributed by atoms with van der Waals surface area (Å²) in [5.74, 6) is 0.861. The van der Waals surface area contributed by atoms with Crippen LogP contribution < -0.4 is 0 Å². The number of carbonyl (C=O) groups excluding carboxylic acids is 1. The first-order valence-corrected chi connectivity index (χ1v) is 10.5. The SMILES string of the molecule is C=C(C)SC(Cc1ccc2nc(Cc3ccc4ccccc4c3)oc2c1)C(C)=O. The Morgan fingerprint density at radius 1 is 1.03 bits per heavy atom. The van der Waals surface area contributed by atoms with Crippen LogP contribution in [-0.2, 0) is 17.6 Å². The van der Waals surface area contributed by atoms with E-state index in [0.29, 0.717) is 18.7 Å². The van der Waals surface area contributed by atoms with Crippen molar-refractivity contribution >= 4 is 39.4 Å². The minimum Gasteiger partial charge on any atom is -0.440 e. The minimum atomic E-state index is -0.120. The van der Waals surface area contributed by atoms with Gasteiger partial charge in [-0.05, 0) is 59.2 Å². The molecule has 1 atom stereocenters. The molecular formula is C25H23NO2S. The molecule has 0 aliphatic rings. The lowest BCUT2D eigenvalue weighted by atomic mass is 10.1. The van der Waals surface area contributed by atoms with Crippen molar-refractivity contribution in [3.05, 3.63) is 89.2 Å². The van der Waals surface area contributed by atoms with Gasteiger partial charge in [0.15, 0.2) is 11.5 Å². The zero-order valence-corrected chi connectivity index (χ0v) is 17.5. The van der Waals surface area contributed by atoms with Gasteiger partial charge in [0.25, 0.3) is 0 Å². The monoisotopic (exact) mass is 401 g/mol. The van der Waals surface area contributed by atoms with Crippen molar-refractivity contribution in [2.24, 2.45) is 0 Å². The van der Waals surface area contributed by atoms with E-state index in [4.69, 9.17) is 4.42 Å². The van der Waals surface area contributed by atoms with E-state index in [-0.39, 0.29) is 11.0 Å². The molecule has 0 bridgehead atoms. The molecule has 0 N–H and O–H groups in total. The van der Waals surface area contributed by atoms with Gasteiger partial charge in [-0.15, -0.1) is 11.8 Å². The average Bonchev–Trinajstić information content (AvgIpc) is 3.08. The number of thioether (sulfide) groups is 1. The van der Waals surface area contributed by atoms with Gasteiger partial charge in [-0.1, -0.05) is 55.1 Å². The summed E-state index contributed by atoms with van der Waals surface area (Å²) in [4.78, 5) is 17.5. The number of nitrogens with zero attached hydrogens (tertiary/aromatic N) is 1. The van der Waals surface area contributed by atoms with Crippen LogP contribution in [0.15, 0.2) is 76.6 Å². The van der Waals surface area contributed by atoms with E-state index in [1.54, 1.807) is 6.92 Å². The molecule has 0 aliphatic heterocycles. The standard InChI is InChI=1S/C25H23NO2S/c1-16(2)29-24(17(3)27)14-19-9-11-22-23(13-19)28-25(26-22)15-18-8-10-20-6-4-5-7-21(20)12-18/h4-13,24H,1,14-15H2,2-3H3. The molecule has 1 heterocycles. The molecule has 29 heavy (non-hydrogen) atoms. The fourth-order valence-corrected chi connectivity index (χ4v) is 4.40. The lowest BCUT2D eigenvalue weighted by Gasteiger charge is -2.13. The summed E-state index contributed by atoms with van der Waals surface area (Å²) in [7, 11) is 0. The van der Waals surface area contributed by atoms with Gasteiger partial charge in [0.1, 0.15) is 11.3 Å². The summed E-state index contributed by atoms with van der Waals surface area (Å²) in [5, 5.41) is 2.32. The van der Waals surface area contributed by atoms with Crippen LogP contribution in [0.1, 0.15) is 30.9 Å². The van der Waals surface area contributed by atoms with Crippen molar-refractivity contribution in [3.63, 3.8) is 0 Å². The van der Waals surface area contributed by atoms with Crippen LogP contribution in [0, 0.1) is 0 Å². The first-order valence-electron chi connectivity index (χ1n) is 9.66. The van der Waals surface area contributed by atoms with Crippen molar-refractivity contribution in [3.8, 4) is 0 Å². The van der Waals surface area contributed by atoms with Crippen LogP contribution in [0.5, 0.6) is 0 Å². The highest BCUT2D eigenvalue weighted by Crippen LogP contribution is 2.26. The van der Waals surface area contributed by atoms with Gasteiger partial charge in [-0.25, -0.2) is 4.98 Å². The third-order valence-electron chi connectivity index (χ3n) is 4.88. The van der Waals surface area contributed by atoms with Crippen LogP contribution >= 0.6 is 11.8 Å². The Balaban J connectivity index is 1.56. The number of Topliss-reactive ketones (excluding diaryl/α,β-unsaturated/α-hetero) is 1. The summed E-state index contributed by atoms with van der Waals surface area (Å²) in [6.45, 7) is 7.48. The lowest BCUT2D eigenvalue weighted by Crippen LogP contribution is -2.16. The summed E-state index contributed by atoms with van der Waals surface area (Å²) >= 11 is 1.53. The van der Waals surface area contributed by atoms with Crippen molar-refractivity contribution in [1.29, 1.82) is 0 Å². The normalized spacial score (nSPS) is 12.3. The number of fused-ring (bicyclic) bond motifs is 2. The average molecular weight is 402 g/mol. The van der Waals surface area contributed by atoms with Crippen LogP contribution in [0.25, 0.3) is 21.9 Å². The number of hydrogen-bond donors (Lipinski definition) is 0. The van der Waals surface area contributed by atoms with Crippen LogP contribution in [0.2, 0.25) is 0 Å². The Hall–Kier alpha value is -2.85. The second kappa shape index (κ2) is 8.26. The predicted molar refractivity (Wildman–Crippen MR) is 121 cm³/mol. The number of aromatic nitrogens is 1. The highest BCUT2D eigenvalue weighted by molar-refractivity contribution is 8.04. The molecule has 3 aromatic carbocycles. The second-order valence-corrected chi connectivity index (χ2v) is 8.89. The molecule has 0 aliphatic carbocycles. The van der Waals surface area contributed by atoms with Gasteiger partial charge in [0.05, 0.1) is 5.25 Å². The smallest absolute Gasteiger partial charge is 0.199 e. The Kier molecular flexibility index (Phi) is 5.54. The van der Waals surface area contributed by atoms with Gasteiger partial charge in [-0.2, -0.15) is 0 Å². The molecule has 3 nitrogen and oxygen atoms in total. The van der Waals surface area contributed by atoms with Crippen molar-refractivity contribution < 1.29 is 9.21 Å². The number of hydrogen-bond acceptors (Lipinski definition) is 4. The van der Waals surface area contributed by atoms with Gasteiger partial charge in [0, 0.05) is 6.42 Å². The molecular weight excluding hydrogens is 378 g/mol.